The topological polar surface area (TPSA) is 28.7 Å². The summed E-state index contributed by atoms with van der Waals surface area (Å²) >= 11 is 9.47. The summed E-state index contributed by atoms with van der Waals surface area (Å²) in [7, 11) is 0. The molecule has 0 aliphatic rings. The average molecular weight is 274 g/mol. The molecule has 1 N–H and O–H groups in total. The minimum atomic E-state index is 0.386. The van der Waals surface area contributed by atoms with Crippen LogP contribution in [0.3, 0.4) is 0 Å². The van der Waals surface area contributed by atoms with Crippen molar-refractivity contribution in [3.63, 3.8) is 0 Å². The summed E-state index contributed by atoms with van der Waals surface area (Å²) in [6, 6.07) is 3.84. The van der Waals surface area contributed by atoms with Crippen LogP contribution in [-0.4, -0.2) is 9.97 Å². The number of aromatic amines is 1. The maximum Gasteiger partial charge on any atom is 0.109 e. The van der Waals surface area contributed by atoms with E-state index in [1.165, 1.54) is 0 Å². The fourth-order valence-corrected chi connectivity index (χ4v) is 2.19. The van der Waals surface area contributed by atoms with Gasteiger partial charge in [0, 0.05) is 10.4 Å². The lowest BCUT2D eigenvalue weighted by Gasteiger charge is -1.95. The summed E-state index contributed by atoms with van der Waals surface area (Å²) in [4.78, 5) is 7.70. The highest BCUT2D eigenvalue weighted by atomic mass is 79.9. The third-order valence-electron chi connectivity index (χ3n) is 2.07. The summed E-state index contributed by atoms with van der Waals surface area (Å²) < 4.78 is 0.967. The summed E-state index contributed by atoms with van der Waals surface area (Å²) in [5.41, 5.74) is 1.83. The molecule has 0 saturated heterocycles. The Morgan fingerprint density at radius 3 is 2.79 bits per heavy atom. The Balaban J connectivity index is 2.70. The van der Waals surface area contributed by atoms with Gasteiger partial charge in [-0.15, -0.1) is 0 Å². The van der Waals surface area contributed by atoms with Crippen LogP contribution >= 0.6 is 27.5 Å². The van der Waals surface area contributed by atoms with Gasteiger partial charge in [0.15, 0.2) is 0 Å². The van der Waals surface area contributed by atoms with Crippen LogP contribution in [0.5, 0.6) is 0 Å². The highest BCUT2D eigenvalue weighted by molar-refractivity contribution is 9.10. The van der Waals surface area contributed by atoms with Crippen molar-refractivity contribution in [1.82, 2.24) is 9.97 Å². The number of benzene rings is 1. The summed E-state index contributed by atoms with van der Waals surface area (Å²) in [6.07, 6.45) is 0. The van der Waals surface area contributed by atoms with Gasteiger partial charge >= 0.3 is 0 Å². The Morgan fingerprint density at radius 1 is 1.43 bits per heavy atom. The number of nitrogens with zero attached hydrogens (tertiary/aromatic N) is 1. The second-order valence-corrected chi connectivity index (χ2v) is 4.88. The molecule has 2 rings (SSSR count). The van der Waals surface area contributed by atoms with E-state index in [2.05, 4.69) is 39.7 Å². The van der Waals surface area contributed by atoms with Gasteiger partial charge in [-0.25, -0.2) is 4.98 Å². The van der Waals surface area contributed by atoms with E-state index in [4.69, 9.17) is 11.6 Å². The quantitative estimate of drug-likeness (QED) is 0.832. The summed E-state index contributed by atoms with van der Waals surface area (Å²) in [6.45, 7) is 4.20. The third-order valence-corrected chi connectivity index (χ3v) is 2.82. The molecular formula is C10H10BrClN2. The number of hydrogen-bond acceptors (Lipinski definition) is 1. The van der Waals surface area contributed by atoms with Crippen molar-refractivity contribution in [2.24, 2.45) is 0 Å². The number of hydrogen-bond donors (Lipinski definition) is 1. The lowest BCUT2D eigenvalue weighted by Crippen LogP contribution is -1.88. The van der Waals surface area contributed by atoms with Crippen LogP contribution in [0.1, 0.15) is 25.6 Å². The molecule has 0 aliphatic carbocycles. The lowest BCUT2D eigenvalue weighted by atomic mass is 10.2. The van der Waals surface area contributed by atoms with Crippen LogP contribution < -0.4 is 0 Å². The molecule has 0 radical (unpaired) electrons. The largest absolute Gasteiger partial charge is 0.342 e. The van der Waals surface area contributed by atoms with Crippen LogP contribution in [0, 0.1) is 0 Å². The van der Waals surface area contributed by atoms with E-state index < -0.39 is 0 Å². The fourth-order valence-electron chi connectivity index (χ4n) is 1.33. The minimum Gasteiger partial charge on any atom is -0.342 e. The van der Waals surface area contributed by atoms with Crippen molar-refractivity contribution in [2.45, 2.75) is 19.8 Å². The molecule has 0 atom stereocenters. The smallest absolute Gasteiger partial charge is 0.109 e. The van der Waals surface area contributed by atoms with Gasteiger partial charge in [-0.2, -0.15) is 0 Å². The molecule has 0 amide bonds. The Labute approximate surface area is 95.8 Å². The first-order valence-electron chi connectivity index (χ1n) is 4.42. The first kappa shape index (κ1) is 9.99. The molecule has 2 aromatic rings. The molecule has 1 aromatic heterocycles. The normalized spacial score (nSPS) is 11.5. The molecular weight excluding hydrogens is 263 g/mol. The maximum absolute atomic E-state index is 6.07. The van der Waals surface area contributed by atoms with Crippen molar-refractivity contribution in [2.75, 3.05) is 0 Å². The predicted molar refractivity (Wildman–Crippen MR) is 62.9 cm³/mol. The minimum absolute atomic E-state index is 0.386. The molecule has 4 heteroatoms. The van der Waals surface area contributed by atoms with E-state index in [9.17, 15) is 0 Å². The van der Waals surface area contributed by atoms with E-state index >= 15 is 0 Å². The maximum atomic E-state index is 6.07. The highest BCUT2D eigenvalue weighted by Crippen LogP contribution is 2.27. The zero-order chi connectivity index (χ0) is 10.3. The average Bonchev–Trinajstić information content (AvgIpc) is 2.47. The first-order valence-corrected chi connectivity index (χ1v) is 5.59. The number of nitrogens with one attached hydrogen (secondary N) is 1. The van der Waals surface area contributed by atoms with Gasteiger partial charge in [0.25, 0.3) is 0 Å². The standard InChI is InChI=1S/C10H10BrClN2/c1-5(2)10-13-8-4-6(11)3-7(12)9(8)14-10/h3-5H,1-2H3,(H,13,14). The number of H-pyrrole nitrogens is 1. The van der Waals surface area contributed by atoms with Crippen molar-refractivity contribution >= 4 is 38.6 Å². The van der Waals surface area contributed by atoms with Gasteiger partial charge < -0.3 is 4.98 Å². The first-order chi connectivity index (χ1) is 6.58. The van der Waals surface area contributed by atoms with E-state index in [1.807, 2.05) is 12.1 Å². The van der Waals surface area contributed by atoms with Gasteiger partial charge in [0.2, 0.25) is 0 Å². The monoisotopic (exact) mass is 272 g/mol. The van der Waals surface area contributed by atoms with Gasteiger partial charge in [-0.05, 0) is 12.1 Å². The van der Waals surface area contributed by atoms with Gasteiger partial charge in [0.1, 0.15) is 11.3 Å². The lowest BCUT2D eigenvalue weighted by molar-refractivity contribution is 0.799. The number of rotatable bonds is 1. The predicted octanol–water partition coefficient (Wildman–Crippen LogP) is 4.10. The van der Waals surface area contributed by atoms with E-state index in [1.54, 1.807) is 0 Å². The molecule has 0 fully saturated rings. The molecule has 1 heterocycles. The number of aromatic nitrogens is 2. The summed E-state index contributed by atoms with van der Waals surface area (Å²) in [5.74, 6) is 1.36. The van der Waals surface area contributed by atoms with Crippen molar-refractivity contribution < 1.29 is 0 Å². The van der Waals surface area contributed by atoms with Crippen LogP contribution in [0.25, 0.3) is 11.0 Å². The van der Waals surface area contributed by atoms with Crippen LogP contribution in [0.4, 0.5) is 0 Å². The molecule has 0 aliphatic heterocycles. The fraction of sp³-hybridized carbons (Fsp3) is 0.300. The summed E-state index contributed by atoms with van der Waals surface area (Å²) in [5, 5.41) is 0.678. The Bertz CT molecular complexity index is 476. The SMILES string of the molecule is CC(C)c1nc2c(Cl)cc(Br)cc2[nH]1. The Kier molecular flexibility index (Phi) is 2.54. The van der Waals surface area contributed by atoms with E-state index in [0.29, 0.717) is 10.9 Å². The Morgan fingerprint density at radius 2 is 2.14 bits per heavy atom. The van der Waals surface area contributed by atoms with E-state index in [0.717, 1.165) is 21.3 Å². The molecule has 0 unspecified atom stereocenters. The van der Waals surface area contributed by atoms with Crippen molar-refractivity contribution in [3.05, 3.63) is 27.5 Å². The van der Waals surface area contributed by atoms with Crippen LogP contribution in [0.2, 0.25) is 5.02 Å². The zero-order valence-electron chi connectivity index (χ0n) is 7.94. The molecule has 0 spiro atoms. The second kappa shape index (κ2) is 3.55. The third kappa shape index (κ3) is 1.66. The number of imidazole rings is 1. The van der Waals surface area contributed by atoms with Crippen LogP contribution in [-0.2, 0) is 0 Å². The molecule has 0 bridgehead atoms. The Hall–Kier alpha value is -0.540. The van der Waals surface area contributed by atoms with Crippen molar-refractivity contribution in [3.8, 4) is 0 Å². The zero-order valence-corrected chi connectivity index (χ0v) is 10.3. The molecule has 2 nitrogen and oxygen atoms in total. The van der Waals surface area contributed by atoms with E-state index in [-0.39, 0.29) is 0 Å². The van der Waals surface area contributed by atoms with Gasteiger partial charge in [-0.1, -0.05) is 41.4 Å². The van der Waals surface area contributed by atoms with Crippen LogP contribution in [0.15, 0.2) is 16.6 Å². The molecule has 14 heavy (non-hydrogen) atoms. The number of fused-ring (bicyclic) bond motifs is 1. The highest BCUT2D eigenvalue weighted by Gasteiger charge is 2.09. The molecule has 74 valence electrons. The number of halogens is 2. The van der Waals surface area contributed by atoms with Gasteiger partial charge in [-0.3, -0.25) is 0 Å². The molecule has 0 saturated carbocycles. The molecule has 1 aromatic carbocycles. The van der Waals surface area contributed by atoms with Crippen molar-refractivity contribution in [1.29, 1.82) is 0 Å². The second-order valence-electron chi connectivity index (χ2n) is 3.56. The van der Waals surface area contributed by atoms with Gasteiger partial charge in [0.05, 0.1) is 10.5 Å².